The molecule has 0 aliphatic rings. The summed E-state index contributed by atoms with van der Waals surface area (Å²) in [6.45, 7) is 1.43. The molecule has 0 aliphatic carbocycles. The van der Waals surface area contributed by atoms with Gasteiger partial charge in [-0.05, 0) is 39.5 Å². The van der Waals surface area contributed by atoms with E-state index in [1.54, 1.807) is 30.3 Å². The lowest BCUT2D eigenvalue weighted by Gasteiger charge is -2.03. The molecule has 12 nitrogen and oxygen atoms in total. The second-order valence-corrected chi connectivity index (χ2v) is 7.10. The average Bonchev–Trinajstić information content (AvgIpc) is 3.48. The molecular formula is C18H15N9O3S. The van der Waals surface area contributed by atoms with Crippen molar-refractivity contribution >= 4 is 40.9 Å². The largest absolute Gasteiger partial charge is 0.378 e. The molecule has 0 spiro atoms. The number of anilines is 2. The van der Waals surface area contributed by atoms with Gasteiger partial charge in [0.05, 0.1) is 11.1 Å². The SMILES string of the molecule is CC(=O)Nc1ccc(/C=N\NC(=O)c2nnn(-c3nonc3N)c2-c2cccs2)cc1. The monoisotopic (exact) mass is 437 g/mol. The first-order valence-electron chi connectivity index (χ1n) is 8.82. The Labute approximate surface area is 178 Å². The molecule has 0 fully saturated rings. The first-order valence-corrected chi connectivity index (χ1v) is 9.70. The number of nitrogens with zero attached hydrogens (tertiary/aromatic N) is 6. The molecule has 3 heterocycles. The average molecular weight is 437 g/mol. The van der Waals surface area contributed by atoms with Crippen molar-refractivity contribution in [3.8, 4) is 16.4 Å². The summed E-state index contributed by atoms with van der Waals surface area (Å²) in [7, 11) is 0. The summed E-state index contributed by atoms with van der Waals surface area (Å²) in [5, 5.41) is 23.7. The second-order valence-electron chi connectivity index (χ2n) is 6.15. The van der Waals surface area contributed by atoms with Crippen molar-refractivity contribution in [3.63, 3.8) is 0 Å². The van der Waals surface area contributed by atoms with Gasteiger partial charge in [-0.1, -0.05) is 23.4 Å². The van der Waals surface area contributed by atoms with E-state index in [1.165, 1.54) is 29.2 Å². The van der Waals surface area contributed by atoms with Gasteiger partial charge in [-0.15, -0.1) is 16.4 Å². The van der Waals surface area contributed by atoms with E-state index < -0.39 is 5.91 Å². The number of hydrogen-bond acceptors (Lipinski definition) is 10. The number of aromatic nitrogens is 5. The predicted octanol–water partition coefficient (Wildman–Crippen LogP) is 1.68. The second kappa shape index (κ2) is 8.54. The minimum atomic E-state index is -0.573. The number of hydrogen-bond donors (Lipinski definition) is 3. The van der Waals surface area contributed by atoms with Crippen LogP contribution >= 0.6 is 11.3 Å². The highest BCUT2D eigenvalue weighted by molar-refractivity contribution is 7.13. The van der Waals surface area contributed by atoms with E-state index in [2.05, 4.69) is 41.1 Å². The lowest BCUT2D eigenvalue weighted by Crippen LogP contribution is -2.19. The van der Waals surface area contributed by atoms with Crippen LogP contribution < -0.4 is 16.5 Å². The molecule has 2 amide bonds. The van der Waals surface area contributed by atoms with Gasteiger partial charge in [0, 0.05) is 12.6 Å². The zero-order valence-corrected chi connectivity index (χ0v) is 16.8. The number of carbonyl (C=O) groups excluding carboxylic acids is 2. The summed E-state index contributed by atoms with van der Waals surface area (Å²) in [4.78, 5) is 24.5. The minimum Gasteiger partial charge on any atom is -0.378 e. The summed E-state index contributed by atoms with van der Waals surface area (Å²) in [5.41, 5.74) is 9.98. The molecule has 0 radical (unpaired) electrons. The zero-order valence-electron chi connectivity index (χ0n) is 16.0. The fourth-order valence-corrected chi connectivity index (χ4v) is 3.39. The summed E-state index contributed by atoms with van der Waals surface area (Å²) in [6, 6.07) is 10.6. The normalized spacial score (nSPS) is 11.0. The van der Waals surface area contributed by atoms with Gasteiger partial charge in [0.15, 0.2) is 5.69 Å². The fraction of sp³-hybridized carbons (Fsp3) is 0.0556. The molecule has 13 heteroatoms. The van der Waals surface area contributed by atoms with Crippen LogP contribution in [0.4, 0.5) is 11.5 Å². The zero-order chi connectivity index (χ0) is 21.8. The number of rotatable bonds is 6. The Balaban J connectivity index is 1.55. The van der Waals surface area contributed by atoms with Crippen LogP contribution in [0.3, 0.4) is 0 Å². The maximum absolute atomic E-state index is 12.7. The van der Waals surface area contributed by atoms with E-state index in [9.17, 15) is 9.59 Å². The van der Waals surface area contributed by atoms with Gasteiger partial charge >= 0.3 is 0 Å². The van der Waals surface area contributed by atoms with Crippen LogP contribution in [0.15, 0.2) is 51.5 Å². The summed E-state index contributed by atoms with van der Waals surface area (Å²) >= 11 is 1.39. The van der Waals surface area contributed by atoms with E-state index in [-0.39, 0.29) is 23.2 Å². The van der Waals surface area contributed by atoms with Gasteiger partial charge in [0.2, 0.25) is 17.5 Å². The Morgan fingerprint density at radius 3 is 2.68 bits per heavy atom. The van der Waals surface area contributed by atoms with Gasteiger partial charge in [0.25, 0.3) is 5.91 Å². The highest BCUT2D eigenvalue weighted by Crippen LogP contribution is 2.29. The molecule has 4 aromatic rings. The van der Waals surface area contributed by atoms with Crippen molar-refractivity contribution in [1.82, 2.24) is 30.7 Å². The Hall–Kier alpha value is -4.39. The van der Waals surface area contributed by atoms with Crippen molar-refractivity contribution in [2.45, 2.75) is 6.92 Å². The van der Waals surface area contributed by atoms with Gasteiger partial charge < -0.3 is 11.1 Å². The molecule has 31 heavy (non-hydrogen) atoms. The quantitative estimate of drug-likeness (QED) is 0.302. The van der Waals surface area contributed by atoms with E-state index >= 15 is 0 Å². The summed E-state index contributed by atoms with van der Waals surface area (Å²) in [6.07, 6.45) is 1.46. The molecule has 4 rings (SSSR count). The van der Waals surface area contributed by atoms with Crippen molar-refractivity contribution in [2.24, 2.45) is 5.10 Å². The maximum Gasteiger partial charge on any atom is 0.294 e. The molecule has 1 aromatic carbocycles. The third-order valence-electron chi connectivity index (χ3n) is 3.95. The van der Waals surface area contributed by atoms with Gasteiger partial charge in [-0.25, -0.2) is 10.1 Å². The van der Waals surface area contributed by atoms with Crippen LogP contribution in [0, 0.1) is 0 Å². The van der Waals surface area contributed by atoms with Crippen molar-refractivity contribution in [1.29, 1.82) is 0 Å². The number of amides is 2. The first kappa shape index (κ1) is 19.9. The highest BCUT2D eigenvalue weighted by atomic mass is 32.1. The third-order valence-corrected chi connectivity index (χ3v) is 4.82. The molecular weight excluding hydrogens is 422 g/mol. The van der Waals surface area contributed by atoms with Crippen molar-refractivity contribution < 1.29 is 14.2 Å². The van der Waals surface area contributed by atoms with Gasteiger partial charge in [-0.3, -0.25) is 9.59 Å². The lowest BCUT2D eigenvalue weighted by molar-refractivity contribution is -0.114. The smallest absolute Gasteiger partial charge is 0.294 e. The van der Waals surface area contributed by atoms with E-state index in [1.807, 2.05) is 11.4 Å². The molecule has 0 bridgehead atoms. The Kier molecular flexibility index (Phi) is 5.49. The summed E-state index contributed by atoms with van der Waals surface area (Å²) in [5.74, 6) is -0.602. The van der Waals surface area contributed by atoms with Crippen LogP contribution in [0.25, 0.3) is 16.4 Å². The molecule has 0 aliphatic heterocycles. The fourth-order valence-electron chi connectivity index (χ4n) is 2.63. The molecule has 0 saturated carbocycles. The lowest BCUT2D eigenvalue weighted by atomic mass is 10.2. The molecule has 3 aromatic heterocycles. The predicted molar refractivity (Wildman–Crippen MR) is 113 cm³/mol. The highest BCUT2D eigenvalue weighted by Gasteiger charge is 2.25. The topological polar surface area (TPSA) is 166 Å². The van der Waals surface area contributed by atoms with E-state index in [0.717, 1.165) is 10.4 Å². The van der Waals surface area contributed by atoms with Gasteiger partial charge in [0.1, 0.15) is 5.69 Å². The van der Waals surface area contributed by atoms with Crippen molar-refractivity contribution in [3.05, 3.63) is 53.0 Å². The maximum atomic E-state index is 12.7. The Morgan fingerprint density at radius 1 is 1.23 bits per heavy atom. The van der Waals surface area contributed by atoms with E-state index in [0.29, 0.717) is 11.4 Å². The molecule has 0 unspecified atom stereocenters. The molecule has 0 saturated heterocycles. The summed E-state index contributed by atoms with van der Waals surface area (Å²) < 4.78 is 5.92. The number of hydrazone groups is 1. The van der Waals surface area contributed by atoms with Crippen LogP contribution in [-0.2, 0) is 4.79 Å². The Morgan fingerprint density at radius 2 is 2.03 bits per heavy atom. The molecule has 4 N–H and O–H groups in total. The number of nitrogens with two attached hydrogens (primary N) is 1. The number of nitrogen functional groups attached to an aromatic ring is 1. The minimum absolute atomic E-state index is 0.00962. The van der Waals surface area contributed by atoms with Crippen molar-refractivity contribution in [2.75, 3.05) is 11.1 Å². The number of benzene rings is 1. The first-order chi connectivity index (χ1) is 15.0. The van der Waals surface area contributed by atoms with Crippen LogP contribution in [0.5, 0.6) is 0 Å². The Bertz CT molecular complexity index is 1240. The van der Waals surface area contributed by atoms with Crippen LogP contribution in [0.2, 0.25) is 0 Å². The third kappa shape index (κ3) is 4.30. The number of carbonyl (C=O) groups is 2. The van der Waals surface area contributed by atoms with Crippen LogP contribution in [0.1, 0.15) is 23.0 Å². The number of thiophene rings is 1. The number of nitrogens with one attached hydrogen (secondary N) is 2. The van der Waals surface area contributed by atoms with Gasteiger partial charge in [-0.2, -0.15) is 9.78 Å². The molecule has 0 atom stereocenters. The van der Waals surface area contributed by atoms with Crippen LogP contribution in [-0.4, -0.2) is 43.3 Å². The molecule has 156 valence electrons. The van der Waals surface area contributed by atoms with E-state index in [4.69, 9.17) is 5.73 Å². The standard InChI is InChI=1S/C18H15N9O3S/c1-10(28)21-12-6-4-11(5-7-12)9-20-23-18(29)14-15(13-3-2-8-31-13)27(26-22-14)17-16(19)24-30-25-17/h2-9H,1H3,(H2,19,24)(H,21,28)(H,23,29)/b20-9-.